The lowest BCUT2D eigenvalue weighted by atomic mass is 9.75. The average Bonchev–Trinajstić information content (AvgIpc) is 3.03. The van der Waals surface area contributed by atoms with Crippen LogP contribution in [0.3, 0.4) is 0 Å². The van der Waals surface area contributed by atoms with Crippen LogP contribution < -0.4 is 18.9 Å². The van der Waals surface area contributed by atoms with Gasteiger partial charge in [0.2, 0.25) is 12.6 Å². The molecular weight excluding hydrogens is 320 g/mol. The zero-order valence-electron chi connectivity index (χ0n) is 14.6. The Balaban J connectivity index is 1.90. The first-order valence-corrected chi connectivity index (χ1v) is 8.58. The number of hydrogen-bond donors (Lipinski definition) is 1. The highest BCUT2D eigenvalue weighted by Crippen LogP contribution is 2.52. The van der Waals surface area contributed by atoms with Crippen LogP contribution >= 0.6 is 0 Å². The molecule has 1 N–H and O–H groups in total. The maximum atomic E-state index is 10.9. The van der Waals surface area contributed by atoms with Gasteiger partial charge in [0.05, 0.1) is 6.61 Å². The molecule has 5 heteroatoms. The van der Waals surface area contributed by atoms with E-state index >= 15 is 0 Å². The largest absolute Gasteiger partial charge is 0.494 e. The van der Waals surface area contributed by atoms with E-state index in [1.54, 1.807) is 13.0 Å². The average molecular weight is 342 g/mol. The van der Waals surface area contributed by atoms with Crippen LogP contribution in [0, 0.1) is 5.92 Å². The zero-order valence-corrected chi connectivity index (χ0v) is 14.6. The van der Waals surface area contributed by atoms with Gasteiger partial charge >= 0.3 is 0 Å². The number of hydrogen-bond acceptors (Lipinski definition) is 5. The van der Waals surface area contributed by atoms with Crippen LogP contribution in [0.15, 0.2) is 36.4 Å². The molecule has 0 radical (unpaired) electrons. The minimum absolute atomic E-state index is 0.0870. The van der Waals surface area contributed by atoms with E-state index in [-0.39, 0.29) is 18.6 Å². The van der Waals surface area contributed by atoms with Gasteiger partial charge in [0, 0.05) is 36.0 Å². The standard InChI is InChI=1S/C20H22O5/c1-4-22-15-8-6-5-7-13(15)19-12(2)20(3,21)25-16-10-18-17(9-14(16)19)23-11-24-18/h5-10,12,19,21H,4,11H2,1-3H3/t12-,19-,20+/m1/s1. The van der Waals surface area contributed by atoms with Crippen molar-refractivity contribution in [2.45, 2.75) is 32.5 Å². The Morgan fingerprint density at radius 2 is 1.84 bits per heavy atom. The predicted molar refractivity (Wildman–Crippen MR) is 92.4 cm³/mol. The maximum Gasteiger partial charge on any atom is 0.231 e. The molecule has 2 aromatic rings. The third kappa shape index (κ3) is 2.59. The third-order valence-corrected chi connectivity index (χ3v) is 5.06. The van der Waals surface area contributed by atoms with E-state index in [4.69, 9.17) is 18.9 Å². The summed E-state index contributed by atoms with van der Waals surface area (Å²) in [4.78, 5) is 0. The number of para-hydroxylation sites is 1. The summed E-state index contributed by atoms with van der Waals surface area (Å²) in [6.07, 6.45) is 0. The van der Waals surface area contributed by atoms with Crippen molar-refractivity contribution in [1.82, 2.24) is 0 Å². The van der Waals surface area contributed by atoms with Crippen molar-refractivity contribution >= 4 is 0 Å². The van der Waals surface area contributed by atoms with Crippen LogP contribution in [0.2, 0.25) is 0 Å². The molecule has 0 saturated heterocycles. The minimum atomic E-state index is -1.30. The van der Waals surface area contributed by atoms with Crippen molar-refractivity contribution in [3.63, 3.8) is 0 Å². The van der Waals surface area contributed by atoms with Gasteiger partial charge in [-0.15, -0.1) is 0 Å². The Morgan fingerprint density at radius 1 is 1.12 bits per heavy atom. The molecule has 0 amide bonds. The van der Waals surface area contributed by atoms with E-state index in [2.05, 4.69) is 0 Å². The highest BCUT2D eigenvalue weighted by molar-refractivity contribution is 5.57. The summed E-state index contributed by atoms with van der Waals surface area (Å²) in [6, 6.07) is 11.7. The van der Waals surface area contributed by atoms with Crippen molar-refractivity contribution < 1.29 is 24.1 Å². The molecule has 25 heavy (non-hydrogen) atoms. The Hall–Kier alpha value is -2.40. The Bertz CT molecular complexity index is 799. The summed E-state index contributed by atoms with van der Waals surface area (Å²) >= 11 is 0. The molecule has 4 rings (SSSR count). The van der Waals surface area contributed by atoms with Gasteiger partial charge in [0.25, 0.3) is 0 Å². The van der Waals surface area contributed by atoms with Crippen LogP contribution in [0.5, 0.6) is 23.0 Å². The van der Waals surface area contributed by atoms with E-state index in [1.165, 1.54) is 0 Å². The number of benzene rings is 2. The summed E-state index contributed by atoms with van der Waals surface area (Å²) in [5.41, 5.74) is 2.00. The van der Waals surface area contributed by atoms with Crippen molar-refractivity contribution in [2.75, 3.05) is 13.4 Å². The smallest absolute Gasteiger partial charge is 0.231 e. The maximum absolute atomic E-state index is 10.9. The summed E-state index contributed by atoms with van der Waals surface area (Å²) < 4.78 is 22.7. The molecule has 0 unspecified atom stereocenters. The Labute approximate surface area is 147 Å². The lowest BCUT2D eigenvalue weighted by molar-refractivity contribution is -0.171. The van der Waals surface area contributed by atoms with E-state index in [1.807, 2.05) is 44.2 Å². The van der Waals surface area contributed by atoms with Gasteiger partial charge in [-0.2, -0.15) is 0 Å². The number of aliphatic hydroxyl groups is 1. The highest BCUT2D eigenvalue weighted by atomic mass is 16.7. The number of rotatable bonds is 3. The topological polar surface area (TPSA) is 57.2 Å². The van der Waals surface area contributed by atoms with Crippen LogP contribution in [0.4, 0.5) is 0 Å². The molecule has 0 aliphatic carbocycles. The van der Waals surface area contributed by atoms with Crippen molar-refractivity contribution in [3.05, 3.63) is 47.5 Å². The van der Waals surface area contributed by atoms with Gasteiger partial charge in [-0.05, 0) is 19.1 Å². The van der Waals surface area contributed by atoms with Crippen molar-refractivity contribution in [3.8, 4) is 23.0 Å². The Kier molecular flexibility index (Phi) is 3.76. The zero-order chi connectivity index (χ0) is 17.6. The second kappa shape index (κ2) is 5.85. The van der Waals surface area contributed by atoms with Gasteiger partial charge in [-0.1, -0.05) is 25.1 Å². The van der Waals surface area contributed by atoms with Crippen molar-refractivity contribution in [2.24, 2.45) is 5.92 Å². The number of fused-ring (bicyclic) bond motifs is 2. The molecule has 0 fully saturated rings. The van der Waals surface area contributed by atoms with E-state index in [0.717, 1.165) is 16.9 Å². The van der Waals surface area contributed by atoms with Gasteiger partial charge < -0.3 is 24.1 Å². The second-order valence-electron chi connectivity index (χ2n) is 6.64. The lowest BCUT2D eigenvalue weighted by Gasteiger charge is -2.42. The van der Waals surface area contributed by atoms with Crippen LogP contribution in [-0.2, 0) is 0 Å². The fraction of sp³-hybridized carbons (Fsp3) is 0.400. The molecule has 132 valence electrons. The molecule has 5 nitrogen and oxygen atoms in total. The first kappa shape index (κ1) is 16.1. The van der Waals surface area contributed by atoms with Crippen LogP contribution in [0.1, 0.15) is 37.8 Å². The molecule has 2 aliphatic rings. The monoisotopic (exact) mass is 342 g/mol. The third-order valence-electron chi connectivity index (χ3n) is 5.06. The van der Waals surface area contributed by atoms with Crippen LogP contribution in [-0.4, -0.2) is 24.3 Å². The fourth-order valence-electron chi connectivity index (χ4n) is 3.63. The SMILES string of the molecule is CCOc1ccccc1[C@@H]1c2cc3c(cc2O[C@](C)(O)[C@@H]1C)OCO3. The minimum Gasteiger partial charge on any atom is -0.494 e. The van der Waals surface area contributed by atoms with Gasteiger partial charge in [-0.25, -0.2) is 0 Å². The molecule has 2 heterocycles. The molecule has 2 aromatic carbocycles. The molecule has 0 saturated carbocycles. The van der Waals surface area contributed by atoms with Gasteiger partial charge in [0.1, 0.15) is 11.5 Å². The normalized spacial score (nSPS) is 26.7. The second-order valence-corrected chi connectivity index (χ2v) is 6.64. The molecule has 3 atom stereocenters. The highest BCUT2D eigenvalue weighted by Gasteiger charge is 2.45. The van der Waals surface area contributed by atoms with Gasteiger partial charge in [0.15, 0.2) is 11.5 Å². The summed E-state index contributed by atoms with van der Waals surface area (Å²) in [6.45, 7) is 6.43. The summed E-state index contributed by atoms with van der Waals surface area (Å²) in [7, 11) is 0. The molecule has 2 aliphatic heterocycles. The molecular formula is C20H22O5. The number of ether oxygens (including phenoxy) is 4. The van der Waals surface area contributed by atoms with Gasteiger partial charge in [-0.3, -0.25) is 0 Å². The van der Waals surface area contributed by atoms with E-state index < -0.39 is 5.79 Å². The first-order chi connectivity index (χ1) is 12.0. The molecule has 0 bridgehead atoms. The quantitative estimate of drug-likeness (QED) is 0.922. The summed E-state index contributed by atoms with van der Waals surface area (Å²) in [5.74, 6) is 1.21. The first-order valence-electron chi connectivity index (χ1n) is 8.58. The molecule has 0 aromatic heterocycles. The molecule has 0 spiro atoms. The summed E-state index contributed by atoms with van der Waals surface area (Å²) in [5, 5.41) is 10.9. The fourth-order valence-corrected chi connectivity index (χ4v) is 3.63. The van der Waals surface area contributed by atoms with E-state index in [0.29, 0.717) is 23.9 Å². The van der Waals surface area contributed by atoms with Crippen molar-refractivity contribution in [1.29, 1.82) is 0 Å². The van der Waals surface area contributed by atoms with E-state index in [9.17, 15) is 5.11 Å². The predicted octanol–water partition coefficient (Wildman–Crippen LogP) is 3.68. The lowest BCUT2D eigenvalue weighted by Crippen LogP contribution is -2.45. The Morgan fingerprint density at radius 3 is 2.60 bits per heavy atom. The van der Waals surface area contributed by atoms with Crippen LogP contribution in [0.25, 0.3) is 0 Å².